The summed E-state index contributed by atoms with van der Waals surface area (Å²) in [7, 11) is 0. The van der Waals surface area contributed by atoms with Crippen molar-refractivity contribution in [1.82, 2.24) is 25.1 Å². The maximum absolute atomic E-state index is 4.36. The molecule has 86 valence electrons. The van der Waals surface area contributed by atoms with Crippen LogP contribution in [0.5, 0.6) is 0 Å². The van der Waals surface area contributed by atoms with E-state index in [1.807, 2.05) is 18.2 Å². The van der Waals surface area contributed by atoms with Gasteiger partial charge in [0.2, 0.25) is 0 Å². The number of nitrogens with zero attached hydrogens (tertiary/aromatic N) is 3. The van der Waals surface area contributed by atoms with Crippen LogP contribution in [0.2, 0.25) is 0 Å². The Balaban J connectivity index is 2.01. The van der Waals surface area contributed by atoms with E-state index in [1.54, 1.807) is 18.6 Å². The van der Waals surface area contributed by atoms with Gasteiger partial charge in [-0.2, -0.15) is 5.10 Å². The molecule has 0 aliphatic rings. The van der Waals surface area contributed by atoms with Crippen molar-refractivity contribution in [1.29, 1.82) is 0 Å². The highest BCUT2D eigenvalue weighted by atomic mass is 15.1. The van der Waals surface area contributed by atoms with Crippen molar-refractivity contribution < 1.29 is 0 Å². The molecule has 18 heavy (non-hydrogen) atoms. The van der Waals surface area contributed by atoms with Gasteiger partial charge in [-0.3, -0.25) is 15.1 Å². The second kappa shape index (κ2) is 3.40. The highest BCUT2D eigenvalue weighted by Crippen LogP contribution is 2.26. The van der Waals surface area contributed by atoms with Crippen LogP contribution in [0, 0.1) is 0 Å². The van der Waals surface area contributed by atoms with Gasteiger partial charge in [0.25, 0.3) is 0 Å². The van der Waals surface area contributed by atoms with Gasteiger partial charge < -0.3 is 4.98 Å². The fraction of sp³-hybridized carbons (Fsp3) is 0. The maximum atomic E-state index is 4.36. The molecule has 0 aromatic carbocycles. The highest BCUT2D eigenvalue weighted by molar-refractivity contribution is 5.92. The van der Waals surface area contributed by atoms with Crippen LogP contribution in [0.3, 0.4) is 0 Å². The summed E-state index contributed by atoms with van der Waals surface area (Å²) in [4.78, 5) is 11.8. The molecule has 0 spiro atoms. The minimum Gasteiger partial charge on any atom is -0.352 e. The van der Waals surface area contributed by atoms with E-state index in [2.05, 4.69) is 31.2 Å². The lowest BCUT2D eigenvalue weighted by molar-refractivity contribution is 1.12. The van der Waals surface area contributed by atoms with E-state index in [9.17, 15) is 0 Å². The number of nitrogens with one attached hydrogen (secondary N) is 2. The summed E-state index contributed by atoms with van der Waals surface area (Å²) in [6.45, 7) is 0. The van der Waals surface area contributed by atoms with Gasteiger partial charge in [0.1, 0.15) is 11.2 Å². The van der Waals surface area contributed by atoms with Crippen LogP contribution in [-0.4, -0.2) is 25.1 Å². The van der Waals surface area contributed by atoms with Gasteiger partial charge in [-0.25, -0.2) is 0 Å². The molecule has 5 heteroatoms. The van der Waals surface area contributed by atoms with E-state index in [4.69, 9.17) is 0 Å². The lowest BCUT2D eigenvalue weighted by Crippen LogP contribution is -1.80. The standard InChI is InChI=1S/C13H9N5/c1-2-9-12(15-4-1)13(18-17-9)10-6-8-3-5-14-7-11(8)16-10/h1-7,16H,(H,17,18). The number of aromatic amines is 2. The highest BCUT2D eigenvalue weighted by Gasteiger charge is 2.11. The van der Waals surface area contributed by atoms with Crippen molar-refractivity contribution in [3.63, 3.8) is 0 Å². The second-order valence-corrected chi connectivity index (χ2v) is 4.12. The molecule has 0 radical (unpaired) electrons. The van der Waals surface area contributed by atoms with Crippen molar-refractivity contribution >= 4 is 21.9 Å². The van der Waals surface area contributed by atoms with Crippen molar-refractivity contribution in [2.45, 2.75) is 0 Å². The third kappa shape index (κ3) is 1.24. The molecule has 0 saturated heterocycles. The number of H-pyrrole nitrogens is 2. The molecule has 4 aromatic rings. The van der Waals surface area contributed by atoms with E-state index < -0.39 is 0 Å². The summed E-state index contributed by atoms with van der Waals surface area (Å²) in [5.41, 5.74) is 4.59. The Morgan fingerprint density at radius 1 is 1.06 bits per heavy atom. The summed E-state index contributed by atoms with van der Waals surface area (Å²) in [6.07, 6.45) is 5.35. The van der Waals surface area contributed by atoms with Gasteiger partial charge in [-0.05, 0) is 24.3 Å². The summed E-state index contributed by atoms with van der Waals surface area (Å²) in [5, 5.41) is 8.42. The van der Waals surface area contributed by atoms with Crippen molar-refractivity contribution in [3.05, 3.63) is 42.9 Å². The molecule has 4 aromatic heterocycles. The topological polar surface area (TPSA) is 70.2 Å². The molecule has 4 heterocycles. The molecule has 0 amide bonds. The molecule has 0 bridgehead atoms. The minimum atomic E-state index is 0.835. The van der Waals surface area contributed by atoms with E-state index in [0.29, 0.717) is 0 Å². The third-order valence-corrected chi connectivity index (χ3v) is 3.00. The van der Waals surface area contributed by atoms with E-state index >= 15 is 0 Å². The average Bonchev–Trinajstić information content (AvgIpc) is 3.02. The van der Waals surface area contributed by atoms with E-state index in [1.165, 1.54) is 0 Å². The molecular formula is C13H9N5. The van der Waals surface area contributed by atoms with Gasteiger partial charge in [0.05, 0.1) is 22.9 Å². The number of aromatic nitrogens is 5. The Morgan fingerprint density at radius 3 is 3.00 bits per heavy atom. The fourth-order valence-corrected chi connectivity index (χ4v) is 2.14. The fourth-order valence-electron chi connectivity index (χ4n) is 2.14. The molecule has 0 saturated carbocycles. The normalized spacial score (nSPS) is 11.3. The molecular weight excluding hydrogens is 226 g/mol. The Kier molecular flexibility index (Phi) is 1.77. The Morgan fingerprint density at radius 2 is 2.06 bits per heavy atom. The van der Waals surface area contributed by atoms with Gasteiger partial charge in [0, 0.05) is 17.8 Å². The summed E-state index contributed by atoms with van der Waals surface area (Å²) in [5.74, 6) is 0. The Labute approximate surface area is 102 Å². The second-order valence-electron chi connectivity index (χ2n) is 4.12. The molecule has 0 atom stereocenters. The number of fused-ring (bicyclic) bond motifs is 2. The first-order valence-electron chi connectivity index (χ1n) is 5.64. The summed E-state index contributed by atoms with van der Waals surface area (Å²) < 4.78 is 0. The average molecular weight is 235 g/mol. The predicted octanol–water partition coefficient (Wildman–Crippen LogP) is 2.50. The lowest BCUT2D eigenvalue weighted by Gasteiger charge is -1.91. The van der Waals surface area contributed by atoms with Crippen molar-refractivity contribution in [2.75, 3.05) is 0 Å². The quantitative estimate of drug-likeness (QED) is 0.532. The van der Waals surface area contributed by atoms with Crippen LogP contribution in [0.1, 0.15) is 0 Å². The van der Waals surface area contributed by atoms with E-state index in [-0.39, 0.29) is 0 Å². The SMILES string of the molecule is c1cnc2c(-c3cc4ccncc4[nH]3)n[nH]c2c1. The zero-order chi connectivity index (χ0) is 11.9. The first kappa shape index (κ1) is 9.35. The van der Waals surface area contributed by atoms with Gasteiger partial charge >= 0.3 is 0 Å². The summed E-state index contributed by atoms with van der Waals surface area (Å²) in [6, 6.07) is 7.88. The molecule has 0 aliphatic carbocycles. The van der Waals surface area contributed by atoms with Gasteiger partial charge in [0.15, 0.2) is 0 Å². The largest absolute Gasteiger partial charge is 0.352 e. The maximum Gasteiger partial charge on any atom is 0.135 e. The molecule has 2 N–H and O–H groups in total. The van der Waals surface area contributed by atoms with E-state index in [0.717, 1.165) is 33.3 Å². The zero-order valence-electron chi connectivity index (χ0n) is 9.38. The minimum absolute atomic E-state index is 0.835. The smallest absolute Gasteiger partial charge is 0.135 e. The number of rotatable bonds is 1. The van der Waals surface area contributed by atoms with Crippen LogP contribution in [0.25, 0.3) is 33.3 Å². The molecule has 4 rings (SSSR count). The Bertz CT molecular complexity index is 809. The van der Waals surface area contributed by atoms with Gasteiger partial charge in [-0.15, -0.1) is 0 Å². The first-order valence-corrected chi connectivity index (χ1v) is 5.64. The van der Waals surface area contributed by atoms with Crippen LogP contribution in [-0.2, 0) is 0 Å². The van der Waals surface area contributed by atoms with Crippen LogP contribution >= 0.6 is 0 Å². The molecule has 5 nitrogen and oxygen atoms in total. The zero-order valence-corrected chi connectivity index (χ0v) is 9.38. The van der Waals surface area contributed by atoms with Crippen LogP contribution < -0.4 is 0 Å². The molecule has 0 unspecified atom stereocenters. The molecule has 0 fully saturated rings. The third-order valence-electron chi connectivity index (χ3n) is 3.00. The molecule has 0 aliphatic heterocycles. The van der Waals surface area contributed by atoms with Crippen molar-refractivity contribution in [3.8, 4) is 11.4 Å². The summed E-state index contributed by atoms with van der Waals surface area (Å²) >= 11 is 0. The number of hydrogen-bond donors (Lipinski definition) is 2. The first-order chi connectivity index (χ1) is 8.92. The number of hydrogen-bond acceptors (Lipinski definition) is 3. The van der Waals surface area contributed by atoms with Crippen LogP contribution in [0.4, 0.5) is 0 Å². The van der Waals surface area contributed by atoms with Crippen molar-refractivity contribution in [2.24, 2.45) is 0 Å². The monoisotopic (exact) mass is 235 g/mol. The Hall–Kier alpha value is -2.69. The predicted molar refractivity (Wildman–Crippen MR) is 69.0 cm³/mol. The number of pyridine rings is 2. The van der Waals surface area contributed by atoms with Gasteiger partial charge in [-0.1, -0.05) is 0 Å². The van der Waals surface area contributed by atoms with Crippen LogP contribution in [0.15, 0.2) is 42.9 Å². The lowest BCUT2D eigenvalue weighted by atomic mass is 10.2.